The summed E-state index contributed by atoms with van der Waals surface area (Å²) in [6, 6.07) is 4.15. The minimum Gasteiger partial charge on any atom is -0.465 e. The molecule has 2 bridgehead atoms. The molecular formula is C21H26ClN3O4. The van der Waals surface area contributed by atoms with Crippen LogP contribution in [0, 0.1) is 0 Å². The zero-order valence-corrected chi connectivity index (χ0v) is 17.1. The van der Waals surface area contributed by atoms with E-state index in [0.717, 1.165) is 48.8 Å². The van der Waals surface area contributed by atoms with Crippen molar-refractivity contribution in [1.29, 1.82) is 0 Å². The highest BCUT2D eigenvalue weighted by Crippen LogP contribution is 2.39. The maximum atomic E-state index is 13.4. The van der Waals surface area contributed by atoms with Gasteiger partial charge in [0, 0.05) is 24.7 Å². The number of likely N-dealkylation sites (tertiary alicyclic amines) is 1. The second-order valence-corrected chi connectivity index (χ2v) is 8.99. The van der Waals surface area contributed by atoms with Crippen molar-refractivity contribution in [1.82, 2.24) is 14.7 Å². The van der Waals surface area contributed by atoms with E-state index < -0.39 is 6.09 Å². The van der Waals surface area contributed by atoms with Crippen molar-refractivity contribution in [3.63, 3.8) is 0 Å². The van der Waals surface area contributed by atoms with Crippen LogP contribution in [0.15, 0.2) is 12.1 Å². The van der Waals surface area contributed by atoms with Crippen LogP contribution in [0.4, 0.5) is 9.59 Å². The van der Waals surface area contributed by atoms with E-state index in [1.165, 1.54) is 4.90 Å². The standard InChI is InChI=1S/C21H26ClN3O4/c22-14-8-13-5-7-23(20(26)25-15-3-4-16(25)12-29-11-15)10-18(13)17(9-14)19-2-1-6-24(19)21(27)28/h8-9,15-16,19H,1-7,10-12H2,(H,27,28)/t15?,16?,19-/m0/s1. The Hall–Kier alpha value is -1.99. The third kappa shape index (κ3) is 3.24. The number of hydrogen-bond donors (Lipinski definition) is 1. The maximum Gasteiger partial charge on any atom is 0.407 e. The lowest BCUT2D eigenvalue weighted by Gasteiger charge is -2.40. The van der Waals surface area contributed by atoms with Crippen LogP contribution in [0.25, 0.3) is 0 Å². The topological polar surface area (TPSA) is 73.3 Å². The molecule has 5 rings (SSSR count). The van der Waals surface area contributed by atoms with Crippen LogP contribution in [0.5, 0.6) is 0 Å². The fourth-order valence-corrected chi connectivity index (χ4v) is 5.79. The van der Waals surface area contributed by atoms with Crippen molar-refractivity contribution in [3.05, 3.63) is 33.8 Å². The van der Waals surface area contributed by atoms with Crippen molar-refractivity contribution >= 4 is 23.7 Å². The predicted molar refractivity (Wildman–Crippen MR) is 107 cm³/mol. The fraction of sp³-hybridized carbons (Fsp3) is 0.619. The number of urea groups is 1. The average Bonchev–Trinajstić information content (AvgIpc) is 3.29. The smallest absolute Gasteiger partial charge is 0.407 e. The summed E-state index contributed by atoms with van der Waals surface area (Å²) in [6.07, 6.45) is 3.51. The molecule has 1 N–H and O–H groups in total. The highest BCUT2D eigenvalue weighted by atomic mass is 35.5. The molecule has 0 radical (unpaired) electrons. The van der Waals surface area contributed by atoms with Crippen LogP contribution in [0.3, 0.4) is 0 Å². The molecule has 0 aliphatic carbocycles. The minimum atomic E-state index is -0.894. The molecule has 0 aromatic heterocycles. The Morgan fingerprint density at radius 2 is 1.86 bits per heavy atom. The van der Waals surface area contributed by atoms with E-state index in [1.807, 2.05) is 21.9 Å². The number of halogens is 1. The van der Waals surface area contributed by atoms with Gasteiger partial charge < -0.3 is 24.5 Å². The Bertz CT molecular complexity index is 831. The Morgan fingerprint density at radius 3 is 2.59 bits per heavy atom. The molecule has 0 spiro atoms. The van der Waals surface area contributed by atoms with Crippen molar-refractivity contribution < 1.29 is 19.4 Å². The average molecular weight is 420 g/mol. The van der Waals surface area contributed by atoms with Gasteiger partial charge in [-0.2, -0.15) is 0 Å². The van der Waals surface area contributed by atoms with Gasteiger partial charge in [-0.1, -0.05) is 11.6 Å². The molecule has 0 saturated carbocycles. The van der Waals surface area contributed by atoms with Crippen LogP contribution in [-0.2, 0) is 17.7 Å². The van der Waals surface area contributed by atoms with E-state index in [2.05, 4.69) is 0 Å². The lowest BCUT2D eigenvalue weighted by atomic mass is 9.90. The largest absolute Gasteiger partial charge is 0.465 e. The van der Waals surface area contributed by atoms with E-state index in [-0.39, 0.29) is 24.2 Å². The van der Waals surface area contributed by atoms with Crippen LogP contribution >= 0.6 is 11.6 Å². The quantitative estimate of drug-likeness (QED) is 0.756. The molecule has 3 amide bonds. The molecule has 3 fully saturated rings. The van der Waals surface area contributed by atoms with Gasteiger partial charge in [0.25, 0.3) is 0 Å². The number of morpholine rings is 1. The summed E-state index contributed by atoms with van der Waals surface area (Å²) in [4.78, 5) is 30.5. The normalized spacial score (nSPS) is 28.6. The van der Waals surface area contributed by atoms with Gasteiger partial charge in [0.15, 0.2) is 0 Å². The number of fused-ring (bicyclic) bond motifs is 3. The molecule has 29 heavy (non-hydrogen) atoms. The molecule has 1 aromatic rings. The SMILES string of the molecule is O=C(N1CCc2cc(Cl)cc([C@@H]3CCCN3C(=O)O)c2C1)N1C2CCC1COC2. The number of ether oxygens (including phenoxy) is 1. The van der Waals surface area contributed by atoms with Gasteiger partial charge in [0.2, 0.25) is 0 Å². The van der Waals surface area contributed by atoms with Crippen molar-refractivity contribution in [3.8, 4) is 0 Å². The van der Waals surface area contributed by atoms with Gasteiger partial charge in [-0.3, -0.25) is 0 Å². The first-order valence-corrected chi connectivity index (χ1v) is 10.9. The molecule has 4 aliphatic heterocycles. The number of hydrogen-bond acceptors (Lipinski definition) is 3. The molecule has 7 nitrogen and oxygen atoms in total. The number of benzene rings is 1. The van der Waals surface area contributed by atoms with E-state index >= 15 is 0 Å². The lowest BCUT2D eigenvalue weighted by Crippen LogP contribution is -2.55. The zero-order chi connectivity index (χ0) is 20.1. The van der Waals surface area contributed by atoms with Crippen LogP contribution in [0.1, 0.15) is 48.4 Å². The van der Waals surface area contributed by atoms with Crippen molar-refractivity contribution in [2.45, 2.75) is 56.8 Å². The predicted octanol–water partition coefficient (Wildman–Crippen LogP) is 3.50. The van der Waals surface area contributed by atoms with Crippen molar-refractivity contribution in [2.75, 3.05) is 26.3 Å². The summed E-state index contributed by atoms with van der Waals surface area (Å²) in [6.45, 7) is 2.98. The highest BCUT2D eigenvalue weighted by Gasteiger charge is 2.43. The molecule has 1 aromatic carbocycles. The Labute approximate surface area is 175 Å². The number of carbonyl (C=O) groups excluding carboxylic acids is 1. The van der Waals surface area contributed by atoms with Crippen LogP contribution < -0.4 is 0 Å². The second-order valence-electron chi connectivity index (χ2n) is 8.55. The van der Waals surface area contributed by atoms with Gasteiger partial charge in [0.1, 0.15) is 0 Å². The zero-order valence-electron chi connectivity index (χ0n) is 16.3. The summed E-state index contributed by atoms with van der Waals surface area (Å²) < 4.78 is 5.63. The highest BCUT2D eigenvalue weighted by molar-refractivity contribution is 6.30. The first kappa shape index (κ1) is 19.0. The molecule has 8 heteroatoms. The third-order valence-electron chi connectivity index (χ3n) is 6.93. The fourth-order valence-electron chi connectivity index (χ4n) is 5.54. The van der Waals surface area contributed by atoms with Gasteiger partial charge in [0.05, 0.1) is 31.3 Å². The molecular weight excluding hydrogens is 394 g/mol. The monoisotopic (exact) mass is 419 g/mol. The molecule has 2 unspecified atom stereocenters. The summed E-state index contributed by atoms with van der Waals surface area (Å²) in [5, 5.41) is 10.2. The number of carbonyl (C=O) groups is 2. The van der Waals surface area contributed by atoms with E-state index in [1.54, 1.807) is 0 Å². The van der Waals surface area contributed by atoms with Gasteiger partial charge in [-0.25, -0.2) is 9.59 Å². The van der Waals surface area contributed by atoms with E-state index in [9.17, 15) is 14.7 Å². The molecule has 4 aliphatic rings. The number of rotatable bonds is 1. The summed E-state index contributed by atoms with van der Waals surface area (Å²) in [5.41, 5.74) is 3.18. The van der Waals surface area contributed by atoms with Crippen LogP contribution in [-0.4, -0.2) is 70.3 Å². The number of amides is 3. The first-order valence-electron chi connectivity index (χ1n) is 10.5. The van der Waals surface area contributed by atoms with Gasteiger partial charge in [-0.15, -0.1) is 0 Å². The summed E-state index contributed by atoms with van der Waals surface area (Å²) >= 11 is 6.39. The molecule has 156 valence electrons. The van der Waals surface area contributed by atoms with Crippen molar-refractivity contribution in [2.24, 2.45) is 0 Å². The Morgan fingerprint density at radius 1 is 1.10 bits per heavy atom. The molecule has 3 saturated heterocycles. The van der Waals surface area contributed by atoms with Gasteiger partial charge >= 0.3 is 12.1 Å². The minimum absolute atomic E-state index is 0.0915. The van der Waals surface area contributed by atoms with Crippen LogP contribution in [0.2, 0.25) is 5.02 Å². The lowest BCUT2D eigenvalue weighted by molar-refractivity contribution is -0.00295. The first-order chi connectivity index (χ1) is 14.0. The Balaban J connectivity index is 1.44. The summed E-state index contributed by atoms with van der Waals surface area (Å²) in [7, 11) is 0. The Kier molecular flexibility index (Phi) is 4.82. The van der Waals surface area contributed by atoms with E-state index in [0.29, 0.717) is 37.9 Å². The third-order valence-corrected chi connectivity index (χ3v) is 7.15. The van der Waals surface area contributed by atoms with Gasteiger partial charge in [-0.05, 0) is 60.9 Å². The maximum absolute atomic E-state index is 13.4. The second kappa shape index (κ2) is 7.36. The molecule has 3 atom stereocenters. The van der Waals surface area contributed by atoms with E-state index in [4.69, 9.17) is 16.3 Å². The number of nitrogens with zero attached hydrogens (tertiary/aromatic N) is 3. The molecule has 4 heterocycles. The summed E-state index contributed by atoms with van der Waals surface area (Å²) in [5.74, 6) is 0. The number of carboxylic acid groups (broad SMARTS) is 1.